The van der Waals surface area contributed by atoms with Crippen LogP contribution < -0.4 is 10.6 Å². The second kappa shape index (κ2) is 11.4. The molecule has 0 saturated carbocycles. The fraction of sp³-hybridized carbons (Fsp3) is 0.0938. The van der Waals surface area contributed by atoms with Crippen LogP contribution >= 0.6 is 0 Å². The number of aromatic nitrogens is 2. The van der Waals surface area contributed by atoms with Crippen molar-refractivity contribution in [2.75, 3.05) is 10.6 Å². The highest BCUT2D eigenvalue weighted by atomic mass is 16.6. The highest BCUT2D eigenvalue weighted by Crippen LogP contribution is 2.30. The Morgan fingerprint density at radius 3 is 2.52 bits per heavy atom. The molecule has 1 aliphatic rings. The zero-order valence-electron chi connectivity index (χ0n) is 22.2. The molecule has 0 saturated heterocycles. The zero-order chi connectivity index (χ0) is 29.1. The summed E-state index contributed by atoms with van der Waals surface area (Å²) in [6.07, 6.45) is 3.42. The summed E-state index contributed by atoms with van der Waals surface area (Å²) in [5.74, 6) is -0.579. The highest BCUT2D eigenvalue weighted by molar-refractivity contribution is 6.20. The SMILES string of the molecule is O=C(Cc1ccncn1)Nc1ccc(C2=NC(Cc3ccc4ccccc4c3)C(=O)Nc3cc([N+](=O)[O-])ccc32)cc1. The minimum atomic E-state index is -0.778. The molecule has 0 spiro atoms. The van der Waals surface area contributed by atoms with Crippen LogP contribution in [0, 0.1) is 10.1 Å². The van der Waals surface area contributed by atoms with E-state index in [1.54, 1.807) is 42.6 Å². The smallest absolute Gasteiger partial charge is 0.271 e. The zero-order valence-corrected chi connectivity index (χ0v) is 22.2. The number of benzodiazepines with no additional fused rings is 1. The van der Waals surface area contributed by atoms with Gasteiger partial charge in [0.15, 0.2) is 0 Å². The molecule has 5 aromatic rings. The molecular formula is C32H24N6O4. The second-order valence-corrected chi connectivity index (χ2v) is 9.86. The van der Waals surface area contributed by atoms with Gasteiger partial charge in [-0.25, -0.2) is 9.97 Å². The molecule has 0 bridgehead atoms. The Balaban J connectivity index is 1.32. The lowest BCUT2D eigenvalue weighted by Crippen LogP contribution is -2.27. The minimum Gasteiger partial charge on any atom is -0.326 e. The van der Waals surface area contributed by atoms with Crippen LogP contribution in [0.4, 0.5) is 17.1 Å². The van der Waals surface area contributed by atoms with Crippen LogP contribution in [0.15, 0.2) is 109 Å². The molecule has 42 heavy (non-hydrogen) atoms. The van der Waals surface area contributed by atoms with Gasteiger partial charge in [-0.1, -0.05) is 54.6 Å². The molecule has 0 fully saturated rings. The predicted octanol–water partition coefficient (Wildman–Crippen LogP) is 5.12. The number of non-ortho nitro benzene ring substituents is 1. The van der Waals surface area contributed by atoms with Crippen LogP contribution in [0.1, 0.15) is 22.4 Å². The van der Waals surface area contributed by atoms with Gasteiger partial charge in [-0.05, 0) is 40.6 Å². The molecule has 1 aliphatic heterocycles. The van der Waals surface area contributed by atoms with E-state index in [-0.39, 0.29) is 23.9 Å². The number of rotatable bonds is 7. The van der Waals surface area contributed by atoms with E-state index in [0.717, 1.165) is 16.3 Å². The fourth-order valence-corrected chi connectivity index (χ4v) is 4.92. The summed E-state index contributed by atoms with van der Waals surface area (Å²) in [5.41, 5.74) is 4.08. The van der Waals surface area contributed by atoms with Crippen LogP contribution in [-0.4, -0.2) is 38.5 Å². The molecule has 4 aromatic carbocycles. The lowest BCUT2D eigenvalue weighted by atomic mass is 9.99. The molecule has 1 unspecified atom stereocenters. The van der Waals surface area contributed by atoms with Crippen molar-refractivity contribution in [1.82, 2.24) is 9.97 Å². The van der Waals surface area contributed by atoms with Gasteiger partial charge in [0.05, 0.1) is 28.4 Å². The third kappa shape index (κ3) is 5.73. The van der Waals surface area contributed by atoms with Crippen molar-refractivity contribution in [3.05, 3.63) is 136 Å². The number of nitro groups is 1. The number of carbonyl (C=O) groups excluding carboxylic acids is 2. The summed E-state index contributed by atoms with van der Waals surface area (Å²) in [6.45, 7) is 0. The molecule has 1 aromatic heterocycles. The number of amides is 2. The van der Waals surface area contributed by atoms with Crippen LogP contribution in [0.3, 0.4) is 0 Å². The van der Waals surface area contributed by atoms with Crippen LogP contribution in [-0.2, 0) is 22.4 Å². The first-order chi connectivity index (χ1) is 20.4. The maximum atomic E-state index is 13.4. The maximum absolute atomic E-state index is 13.4. The predicted molar refractivity (Wildman–Crippen MR) is 160 cm³/mol. The van der Waals surface area contributed by atoms with Gasteiger partial charge < -0.3 is 10.6 Å². The van der Waals surface area contributed by atoms with Gasteiger partial charge in [-0.3, -0.25) is 24.7 Å². The Kier molecular flexibility index (Phi) is 7.17. The largest absolute Gasteiger partial charge is 0.326 e. The summed E-state index contributed by atoms with van der Waals surface area (Å²) in [6, 6.07) is 26.4. The van der Waals surface area contributed by atoms with Gasteiger partial charge in [-0.2, -0.15) is 0 Å². The number of carbonyl (C=O) groups is 2. The third-order valence-electron chi connectivity index (χ3n) is 6.98. The highest BCUT2D eigenvalue weighted by Gasteiger charge is 2.27. The molecule has 0 radical (unpaired) electrons. The third-order valence-corrected chi connectivity index (χ3v) is 6.98. The van der Waals surface area contributed by atoms with Crippen molar-refractivity contribution in [1.29, 1.82) is 0 Å². The first kappa shape index (κ1) is 26.5. The van der Waals surface area contributed by atoms with E-state index in [0.29, 0.717) is 40.3 Å². The molecule has 10 heteroatoms. The Morgan fingerprint density at radius 2 is 1.76 bits per heavy atom. The van der Waals surface area contributed by atoms with E-state index in [4.69, 9.17) is 4.99 Å². The van der Waals surface area contributed by atoms with Crippen LogP contribution in [0.5, 0.6) is 0 Å². The molecule has 10 nitrogen and oxygen atoms in total. The Labute approximate surface area is 240 Å². The Bertz CT molecular complexity index is 1860. The van der Waals surface area contributed by atoms with Gasteiger partial charge in [-0.15, -0.1) is 0 Å². The number of nitrogens with one attached hydrogen (secondary N) is 2. The van der Waals surface area contributed by atoms with E-state index in [1.807, 2.05) is 42.5 Å². The minimum absolute atomic E-state index is 0.105. The Morgan fingerprint density at radius 1 is 0.952 bits per heavy atom. The lowest BCUT2D eigenvalue weighted by molar-refractivity contribution is -0.384. The van der Waals surface area contributed by atoms with E-state index >= 15 is 0 Å². The molecule has 2 heterocycles. The van der Waals surface area contributed by atoms with Crippen molar-refractivity contribution in [2.24, 2.45) is 4.99 Å². The monoisotopic (exact) mass is 556 g/mol. The normalized spacial score (nSPS) is 14.3. The van der Waals surface area contributed by atoms with E-state index < -0.39 is 11.0 Å². The number of nitrogens with zero attached hydrogens (tertiary/aromatic N) is 4. The second-order valence-electron chi connectivity index (χ2n) is 9.86. The number of hydrogen-bond donors (Lipinski definition) is 2. The molecule has 1 atom stereocenters. The first-order valence-corrected chi connectivity index (χ1v) is 13.2. The van der Waals surface area contributed by atoms with Crippen molar-refractivity contribution in [2.45, 2.75) is 18.9 Å². The van der Waals surface area contributed by atoms with Crippen molar-refractivity contribution < 1.29 is 14.5 Å². The number of nitro benzene ring substituents is 1. The quantitative estimate of drug-likeness (QED) is 0.211. The average molecular weight is 557 g/mol. The van der Waals surface area contributed by atoms with Gasteiger partial charge in [0, 0.05) is 41.6 Å². The molecular weight excluding hydrogens is 532 g/mol. The number of benzene rings is 4. The number of hydrogen-bond acceptors (Lipinski definition) is 7. The van der Waals surface area contributed by atoms with Gasteiger partial charge >= 0.3 is 0 Å². The average Bonchev–Trinajstić information content (AvgIpc) is 3.13. The summed E-state index contributed by atoms with van der Waals surface area (Å²) >= 11 is 0. The first-order valence-electron chi connectivity index (χ1n) is 13.2. The van der Waals surface area contributed by atoms with Crippen molar-refractivity contribution in [3.63, 3.8) is 0 Å². The van der Waals surface area contributed by atoms with E-state index in [1.165, 1.54) is 18.5 Å². The van der Waals surface area contributed by atoms with Crippen LogP contribution in [0.25, 0.3) is 10.8 Å². The van der Waals surface area contributed by atoms with Crippen molar-refractivity contribution >= 4 is 45.4 Å². The van der Waals surface area contributed by atoms with E-state index in [9.17, 15) is 19.7 Å². The summed E-state index contributed by atoms with van der Waals surface area (Å²) in [5, 5.41) is 19.4. The lowest BCUT2D eigenvalue weighted by Gasteiger charge is -2.12. The van der Waals surface area contributed by atoms with Crippen LogP contribution in [0.2, 0.25) is 0 Å². The van der Waals surface area contributed by atoms with Gasteiger partial charge in [0.2, 0.25) is 11.8 Å². The van der Waals surface area contributed by atoms with Crippen molar-refractivity contribution in [3.8, 4) is 0 Å². The summed E-state index contributed by atoms with van der Waals surface area (Å²) in [4.78, 5) is 49.7. The van der Waals surface area contributed by atoms with Gasteiger partial charge in [0.25, 0.3) is 5.69 Å². The maximum Gasteiger partial charge on any atom is 0.271 e. The molecule has 2 N–H and O–H groups in total. The number of aliphatic imine (C=N–C) groups is 1. The fourth-order valence-electron chi connectivity index (χ4n) is 4.92. The van der Waals surface area contributed by atoms with Gasteiger partial charge in [0.1, 0.15) is 12.4 Å². The summed E-state index contributed by atoms with van der Waals surface area (Å²) in [7, 11) is 0. The summed E-state index contributed by atoms with van der Waals surface area (Å²) < 4.78 is 0. The topological polar surface area (TPSA) is 139 Å². The molecule has 0 aliphatic carbocycles. The molecule has 6 rings (SSSR count). The van der Waals surface area contributed by atoms with E-state index in [2.05, 4.69) is 20.6 Å². The standard InChI is InChI=1S/C32H24N6O4/c39-30(17-25-13-14-33-19-34-25)35-24-9-7-22(8-10-24)31-27-12-11-26(38(41)42)18-28(27)37-32(40)29(36-31)16-20-5-6-21-3-1-2-4-23(21)15-20/h1-15,18-19,29H,16-17H2,(H,35,39)(H,37,40). The Hall–Kier alpha value is -5.77. The number of anilines is 2. The molecule has 2 amide bonds. The number of fused-ring (bicyclic) bond motifs is 2. The molecule has 206 valence electrons.